The molecular formula is C11H17NO4S. The lowest BCUT2D eigenvalue weighted by atomic mass is 10.0. The number of ketones is 1. The normalized spacial score (nSPS) is 23.2. The Morgan fingerprint density at radius 1 is 1.47 bits per heavy atom. The molecule has 0 radical (unpaired) electrons. The Morgan fingerprint density at radius 2 is 2.06 bits per heavy atom. The van der Waals surface area contributed by atoms with Gasteiger partial charge in [0.25, 0.3) is 0 Å². The second kappa shape index (κ2) is 5.08. The maximum atomic E-state index is 12.2. The molecule has 0 aromatic carbocycles. The molecule has 1 rings (SSSR count). The van der Waals surface area contributed by atoms with E-state index in [0.717, 1.165) is 0 Å². The Bertz CT molecular complexity index is 353. The summed E-state index contributed by atoms with van der Waals surface area (Å²) in [5.41, 5.74) is 0. The topological polar surface area (TPSA) is 74.7 Å². The van der Waals surface area contributed by atoms with Crippen molar-refractivity contribution in [2.45, 2.75) is 43.9 Å². The second-order valence-electron chi connectivity index (χ2n) is 4.65. The molecule has 0 aliphatic carbocycles. The number of amides is 1. The molecule has 0 aromatic rings. The Balaban J connectivity index is 2.81. The Morgan fingerprint density at radius 3 is 2.53 bits per heavy atom. The summed E-state index contributed by atoms with van der Waals surface area (Å²) in [5, 5.41) is 8.99. The molecule has 1 heterocycles. The molecular weight excluding hydrogens is 242 g/mol. The minimum Gasteiger partial charge on any atom is -0.480 e. The first-order valence-electron chi connectivity index (χ1n) is 5.51. The molecule has 17 heavy (non-hydrogen) atoms. The van der Waals surface area contributed by atoms with Crippen molar-refractivity contribution in [3.63, 3.8) is 0 Å². The van der Waals surface area contributed by atoms with Crippen LogP contribution in [-0.2, 0) is 14.4 Å². The van der Waals surface area contributed by atoms with E-state index in [4.69, 9.17) is 5.11 Å². The van der Waals surface area contributed by atoms with E-state index < -0.39 is 16.8 Å². The highest BCUT2D eigenvalue weighted by molar-refractivity contribution is 7.82. The van der Waals surface area contributed by atoms with Crippen LogP contribution in [0, 0.1) is 0 Å². The van der Waals surface area contributed by atoms with Gasteiger partial charge in [-0.25, -0.2) is 4.79 Å². The molecule has 1 aliphatic heterocycles. The standard InChI is InChI=1S/C11H17NO4S/c1-7(13)6-11(2,17)10(16)12-5-3-4-8(12)9(14)15/h8,17H,3-6H2,1-2H3,(H,14,15). The van der Waals surface area contributed by atoms with Crippen molar-refractivity contribution in [2.24, 2.45) is 0 Å². The number of carbonyl (C=O) groups is 3. The number of carboxylic acid groups (broad SMARTS) is 1. The summed E-state index contributed by atoms with van der Waals surface area (Å²) in [6, 6.07) is -0.777. The van der Waals surface area contributed by atoms with Crippen molar-refractivity contribution in [3.05, 3.63) is 0 Å². The molecule has 0 spiro atoms. The summed E-state index contributed by atoms with van der Waals surface area (Å²) in [6.45, 7) is 3.36. The zero-order valence-corrected chi connectivity index (χ0v) is 10.9. The summed E-state index contributed by atoms with van der Waals surface area (Å²) < 4.78 is -1.12. The first-order chi connectivity index (χ1) is 7.75. The maximum Gasteiger partial charge on any atom is 0.326 e. The molecule has 2 atom stereocenters. The number of aliphatic carboxylic acids is 1. The Kier molecular flexibility index (Phi) is 4.19. The van der Waals surface area contributed by atoms with E-state index in [1.54, 1.807) is 6.92 Å². The molecule has 0 saturated carbocycles. The molecule has 1 N–H and O–H groups in total. The van der Waals surface area contributed by atoms with Gasteiger partial charge in [-0.1, -0.05) is 0 Å². The summed E-state index contributed by atoms with van der Waals surface area (Å²) in [5.74, 6) is -1.51. The van der Waals surface area contributed by atoms with E-state index in [-0.39, 0.29) is 18.1 Å². The zero-order valence-electron chi connectivity index (χ0n) is 9.97. The van der Waals surface area contributed by atoms with E-state index in [2.05, 4.69) is 12.6 Å². The van der Waals surface area contributed by atoms with E-state index in [1.165, 1.54) is 11.8 Å². The number of likely N-dealkylation sites (tertiary alicyclic amines) is 1. The van der Waals surface area contributed by atoms with Gasteiger partial charge in [-0.3, -0.25) is 9.59 Å². The summed E-state index contributed by atoms with van der Waals surface area (Å²) in [4.78, 5) is 35.5. The molecule has 0 bridgehead atoms. The van der Waals surface area contributed by atoms with Gasteiger partial charge in [-0.15, -0.1) is 0 Å². The van der Waals surface area contributed by atoms with Crippen LogP contribution < -0.4 is 0 Å². The summed E-state index contributed by atoms with van der Waals surface area (Å²) in [6.07, 6.45) is 1.15. The smallest absolute Gasteiger partial charge is 0.326 e. The van der Waals surface area contributed by atoms with Crippen LogP contribution in [0.3, 0.4) is 0 Å². The third kappa shape index (κ3) is 3.21. The lowest BCUT2D eigenvalue weighted by Crippen LogP contribution is -2.49. The quantitative estimate of drug-likeness (QED) is 0.730. The second-order valence-corrected chi connectivity index (χ2v) is 5.63. The van der Waals surface area contributed by atoms with Gasteiger partial charge in [-0.05, 0) is 26.7 Å². The number of rotatable bonds is 4. The third-order valence-corrected chi connectivity index (χ3v) is 3.20. The number of hydrogen-bond donors (Lipinski definition) is 2. The molecule has 1 amide bonds. The van der Waals surface area contributed by atoms with Crippen LogP contribution in [-0.4, -0.2) is 45.0 Å². The van der Waals surface area contributed by atoms with E-state index in [1.807, 2.05) is 0 Å². The lowest BCUT2D eigenvalue weighted by molar-refractivity contribution is -0.149. The van der Waals surface area contributed by atoms with E-state index >= 15 is 0 Å². The highest BCUT2D eigenvalue weighted by Crippen LogP contribution is 2.27. The number of thiol groups is 1. The lowest BCUT2D eigenvalue weighted by Gasteiger charge is -2.30. The fourth-order valence-electron chi connectivity index (χ4n) is 2.14. The van der Waals surface area contributed by atoms with Crippen molar-refractivity contribution in [1.29, 1.82) is 0 Å². The largest absolute Gasteiger partial charge is 0.480 e. The molecule has 96 valence electrons. The number of hydrogen-bond acceptors (Lipinski definition) is 4. The Hall–Kier alpha value is -1.04. The van der Waals surface area contributed by atoms with Gasteiger partial charge < -0.3 is 10.0 Å². The van der Waals surface area contributed by atoms with Gasteiger partial charge in [0, 0.05) is 13.0 Å². The van der Waals surface area contributed by atoms with Gasteiger partial charge in [-0.2, -0.15) is 12.6 Å². The highest BCUT2D eigenvalue weighted by Gasteiger charge is 2.41. The molecule has 1 aliphatic rings. The van der Waals surface area contributed by atoms with Gasteiger partial charge >= 0.3 is 5.97 Å². The van der Waals surface area contributed by atoms with Crippen LogP contribution in [0.4, 0.5) is 0 Å². The average molecular weight is 259 g/mol. The van der Waals surface area contributed by atoms with Gasteiger partial charge in [0.1, 0.15) is 11.8 Å². The number of carboxylic acids is 1. The number of nitrogens with zero attached hydrogens (tertiary/aromatic N) is 1. The fraction of sp³-hybridized carbons (Fsp3) is 0.727. The molecule has 6 heteroatoms. The predicted octanol–water partition coefficient (Wildman–Crippen LogP) is 0.730. The van der Waals surface area contributed by atoms with Crippen molar-refractivity contribution < 1.29 is 19.5 Å². The van der Waals surface area contributed by atoms with Crippen LogP contribution in [0.5, 0.6) is 0 Å². The van der Waals surface area contributed by atoms with Crippen LogP contribution in [0.15, 0.2) is 0 Å². The first-order valence-corrected chi connectivity index (χ1v) is 5.96. The molecule has 1 saturated heterocycles. The molecule has 2 unspecified atom stereocenters. The molecule has 0 aromatic heterocycles. The van der Waals surface area contributed by atoms with Crippen LogP contribution in [0.25, 0.3) is 0 Å². The van der Waals surface area contributed by atoms with Crippen molar-refractivity contribution >= 4 is 30.3 Å². The van der Waals surface area contributed by atoms with Crippen molar-refractivity contribution in [2.75, 3.05) is 6.54 Å². The summed E-state index contributed by atoms with van der Waals surface area (Å²) >= 11 is 4.20. The zero-order chi connectivity index (χ0) is 13.2. The fourth-order valence-corrected chi connectivity index (χ4v) is 2.49. The van der Waals surface area contributed by atoms with E-state index in [9.17, 15) is 14.4 Å². The third-order valence-electron chi connectivity index (χ3n) is 2.85. The van der Waals surface area contributed by atoms with Gasteiger partial charge in [0.2, 0.25) is 5.91 Å². The minimum atomic E-state index is -1.12. The Labute approximate surface area is 106 Å². The minimum absolute atomic E-state index is 0.0117. The molecule has 5 nitrogen and oxygen atoms in total. The maximum absolute atomic E-state index is 12.2. The van der Waals surface area contributed by atoms with E-state index in [0.29, 0.717) is 19.4 Å². The first kappa shape index (κ1) is 14.0. The van der Waals surface area contributed by atoms with Gasteiger partial charge in [0.15, 0.2) is 0 Å². The number of carbonyl (C=O) groups excluding carboxylic acids is 2. The average Bonchev–Trinajstić information content (AvgIpc) is 2.62. The van der Waals surface area contributed by atoms with Crippen LogP contribution in [0.1, 0.15) is 33.1 Å². The van der Waals surface area contributed by atoms with Crippen LogP contribution in [0.2, 0.25) is 0 Å². The highest BCUT2D eigenvalue weighted by atomic mass is 32.1. The van der Waals surface area contributed by atoms with Crippen molar-refractivity contribution in [3.8, 4) is 0 Å². The molecule has 1 fully saturated rings. The predicted molar refractivity (Wildman–Crippen MR) is 65.1 cm³/mol. The monoisotopic (exact) mass is 259 g/mol. The number of Topliss-reactive ketones (excluding diaryl/α,β-unsaturated/α-hetero) is 1. The van der Waals surface area contributed by atoms with Gasteiger partial charge in [0.05, 0.1) is 4.75 Å². The van der Waals surface area contributed by atoms with Crippen LogP contribution >= 0.6 is 12.6 Å². The van der Waals surface area contributed by atoms with Crippen molar-refractivity contribution in [1.82, 2.24) is 4.90 Å². The SMILES string of the molecule is CC(=O)CC(C)(S)C(=O)N1CCCC1C(=O)O. The summed E-state index contributed by atoms with van der Waals surface area (Å²) in [7, 11) is 0.